The van der Waals surface area contributed by atoms with Crippen LogP contribution in [0, 0.1) is 0 Å². The summed E-state index contributed by atoms with van der Waals surface area (Å²) in [5.74, 6) is 0. The number of rotatable bonds is 8. The number of aryl methyl sites for hydroxylation is 1. The van der Waals surface area contributed by atoms with E-state index < -0.39 is 10.0 Å². The van der Waals surface area contributed by atoms with Crippen LogP contribution in [0.4, 0.5) is 0 Å². The largest absolute Gasteiger partial charge is 0.383 e. The van der Waals surface area contributed by atoms with Crippen molar-refractivity contribution in [2.75, 3.05) is 13.7 Å². The third kappa shape index (κ3) is 4.31. The summed E-state index contributed by atoms with van der Waals surface area (Å²) < 4.78 is 33.9. The fourth-order valence-electron chi connectivity index (χ4n) is 1.94. The van der Waals surface area contributed by atoms with Crippen LogP contribution >= 0.6 is 0 Å². The molecule has 1 heterocycles. The van der Waals surface area contributed by atoms with E-state index in [0.717, 1.165) is 18.5 Å². The number of sulfonamides is 1. The first-order valence-electron chi connectivity index (χ1n) is 6.31. The Balaban J connectivity index is 2.89. The van der Waals surface area contributed by atoms with Crippen molar-refractivity contribution in [3.8, 4) is 0 Å². The maximum absolute atomic E-state index is 12.3. The van der Waals surface area contributed by atoms with Crippen molar-refractivity contribution in [3.05, 3.63) is 18.0 Å². The van der Waals surface area contributed by atoms with E-state index in [1.54, 1.807) is 31.0 Å². The molecule has 0 aliphatic rings. The zero-order valence-corrected chi connectivity index (χ0v) is 12.5. The average Bonchev–Trinajstić information content (AvgIpc) is 2.71. The number of ether oxygens (including phenoxy) is 1. The second-order valence-corrected chi connectivity index (χ2v) is 6.26. The van der Waals surface area contributed by atoms with Crippen molar-refractivity contribution in [1.82, 2.24) is 9.29 Å². The number of nitrogens with zero attached hydrogens (tertiary/aromatic N) is 1. The second-order valence-electron chi connectivity index (χ2n) is 4.54. The van der Waals surface area contributed by atoms with Gasteiger partial charge in [-0.2, -0.15) is 0 Å². The first kappa shape index (κ1) is 16.2. The summed E-state index contributed by atoms with van der Waals surface area (Å²) in [5, 5.41) is 0. The topological polar surface area (TPSA) is 86.3 Å². The number of nitrogens with one attached hydrogen (secondary N) is 1. The average molecular weight is 289 g/mol. The van der Waals surface area contributed by atoms with Crippen LogP contribution in [0.1, 0.15) is 25.5 Å². The molecule has 19 heavy (non-hydrogen) atoms. The molecule has 1 unspecified atom stereocenters. The van der Waals surface area contributed by atoms with Crippen LogP contribution in [0.3, 0.4) is 0 Å². The first-order valence-corrected chi connectivity index (χ1v) is 7.79. The van der Waals surface area contributed by atoms with E-state index in [4.69, 9.17) is 10.5 Å². The minimum Gasteiger partial charge on any atom is -0.383 e. The van der Waals surface area contributed by atoms with E-state index in [2.05, 4.69) is 4.72 Å². The lowest BCUT2D eigenvalue weighted by Gasteiger charge is -2.16. The smallest absolute Gasteiger partial charge is 0.242 e. The highest BCUT2D eigenvalue weighted by molar-refractivity contribution is 7.89. The molecule has 0 saturated carbocycles. The number of methoxy groups -OCH3 is 1. The van der Waals surface area contributed by atoms with Crippen LogP contribution in [-0.4, -0.2) is 32.7 Å². The maximum atomic E-state index is 12.3. The molecule has 110 valence electrons. The molecule has 6 nitrogen and oxygen atoms in total. The molecule has 3 N–H and O–H groups in total. The van der Waals surface area contributed by atoms with E-state index in [9.17, 15) is 8.42 Å². The van der Waals surface area contributed by atoms with Gasteiger partial charge in [-0.1, -0.05) is 13.3 Å². The Bertz CT molecular complexity index is 490. The molecule has 0 amide bonds. The van der Waals surface area contributed by atoms with Crippen molar-refractivity contribution in [2.24, 2.45) is 12.8 Å². The molecule has 7 heteroatoms. The lowest BCUT2D eigenvalue weighted by Crippen LogP contribution is -2.37. The van der Waals surface area contributed by atoms with E-state index in [0.29, 0.717) is 13.2 Å². The summed E-state index contributed by atoms with van der Waals surface area (Å²) in [4.78, 5) is 0.243. The Labute approximate surface area is 115 Å². The summed E-state index contributed by atoms with van der Waals surface area (Å²) in [6, 6.07) is 1.39. The number of nitrogens with two attached hydrogens (primary N) is 1. The number of hydrogen-bond donors (Lipinski definition) is 2. The fourth-order valence-corrected chi connectivity index (χ4v) is 3.29. The molecular formula is C12H23N3O3S. The molecule has 1 aromatic heterocycles. The Morgan fingerprint density at radius 2 is 2.21 bits per heavy atom. The Morgan fingerprint density at radius 3 is 2.68 bits per heavy atom. The van der Waals surface area contributed by atoms with Crippen LogP contribution in [0.5, 0.6) is 0 Å². The SMILES string of the molecule is CCCC(COC)NS(=O)(=O)c1cc(CN)n(C)c1. The van der Waals surface area contributed by atoms with Crippen molar-refractivity contribution in [2.45, 2.75) is 37.2 Å². The van der Waals surface area contributed by atoms with Crippen molar-refractivity contribution < 1.29 is 13.2 Å². The monoisotopic (exact) mass is 289 g/mol. The Kier molecular flexibility index (Phi) is 5.99. The molecule has 0 aromatic carbocycles. The second kappa shape index (κ2) is 7.04. The van der Waals surface area contributed by atoms with Gasteiger partial charge in [-0.05, 0) is 12.5 Å². The first-order chi connectivity index (χ1) is 8.94. The fraction of sp³-hybridized carbons (Fsp3) is 0.667. The minimum absolute atomic E-state index is 0.207. The lowest BCUT2D eigenvalue weighted by molar-refractivity contribution is 0.171. The summed E-state index contributed by atoms with van der Waals surface area (Å²) in [7, 11) is -0.183. The van der Waals surface area contributed by atoms with Crippen molar-refractivity contribution in [3.63, 3.8) is 0 Å². The van der Waals surface area contributed by atoms with Crippen LogP contribution in [0.25, 0.3) is 0 Å². The van der Waals surface area contributed by atoms with Gasteiger partial charge in [0.25, 0.3) is 0 Å². The molecule has 0 bridgehead atoms. The highest BCUT2D eigenvalue weighted by Gasteiger charge is 2.21. The molecule has 0 aliphatic carbocycles. The molecule has 0 aliphatic heterocycles. The normalized spacial score (nSPS) is 13.7. The van der Waals surface area contributed by atoms with Gasteiger partial charge in [-0.3, -0.25) is 0 Å². The summed E-state index contributed by atoms with van der Waals surface area (Å²) in [6.07, 6.45) is 3.20. The van der Waals surface area contributed by atoms with Gasteiger partial charge in [0, 0.05) is 38.6 Å². The molecule has 1 aromatic rings. The van der Waals surface area contributed by atoms with Gasteiger partial charge in [0.05, 0.1) is 11.5 Å². The zero-order chi connectivity index (χ0) is 14.5. The Morgan fingerprint density at radius 1 is 1.53 bits per heavy atom. The molecular weight excluding hydrogens is 266 g/mol. The van der Waals surface area contributed by atoms with Gasteiger partial charge < -0.3 is 15.0 Å². The van der Waals surface area contributed by atoms with Crippen LogP contribution < -0.4 is 10.5 Å². The van der Waals surface area contributed by atoms with Crippen molar-refractivity contribution in [1.29, 1.82) is 0 Å². The molecule has 0 radical (unpaired) electrons. The Hall–Kier alpha value is -0.890. The predicted molar refractivity (Wildman–Crippen MR) is 74.2 cm³/mol. The van der Waals surface area contributed by atoms with E-state index >= 15 is 0 Å². The highest BCUT2D eigenvalue weighted by atomic mass is 32.2. The minimum atomic E-state index is -3.52. The summed E-state index contributed by atoms with van der Waals surface area (Å²) in [5.41, 5.74) is 6.32. The lowest BCUT2D eigenvalue weighted by atomic mass is 10.2. The third-order valence-electron chi connectivity index (χ3n) is 2.93. The highest BCUT2D eigenvalue weighted by Crippen LogP contribution is 2.14. The number of aromatic nitrogens is 1. The zero-order valence-electron chi connectivity index (χ0n) is 11.7. The molecule has 0 spiro atoms. The van der Waals surface area contributed by atoms with E-state index in [1.165, 1.54) is 0 Å². The molecule has 1 rings (SSSR count). The van der Waals surface area contributed by atoms with E-state index in [1.807, 2.05) is 6.92 Å². The number of hydrogen-bond acceptors (Lipinski definition) is 4. The van der Waals surface area contributed by atoms with Crippen molar-refractivity contribution >= 4 is 10.0 Å². The molecule has 0 fully saturated rings. The summed E-state index contributed by atoms with van der Waals surface area (Å²) in [6.45, 7) is 2.68. The quantitative estimate of drug-likeness (QED) is 0.733. The third-order valence-corrected chi connectivity index (χ3v) is 4.42. The van der Waals surface area contributed by atoms with Crippen LogP contribution in [-0.2, 0) is 28.4 Å². The van der Waals surface area contributed by atoms with Gasteiger partial charge in [0.15, 0.2) is 0 Å². The van der Waals surface area contributed by atoms with Gasteiger partial charge >= 0.3 is 0 Å². The van der Waals surface area contributed by atoms with Gasteiger partial charge in [-0.25, -0.2) is 13.1 Å². The van der Waals surface area contributed by atoms with Gasteiger partial charge in [0.1, 0.15) is 0 Å². The molecule has 0 saturated heterocycles. The van der Waals surface area contributed by atoms with Gasteiger partial charge in [0.2, 0.25) is 10.0 Å². The maximum Gasteiger partial charge on any atom is 0.242 e. The summed E-state index contributed by atoms with van der Waals surface area (Å²) >= 11 is 0. The molecule has 1 atom stereocenters. The van der Waals surface area contributed by atoms with Crippen LogP contribution in [0.2, 0.25) is 0 Å². The van der Waals surface area contributed by atoms with E-state index in [-0.39, 0.29) is 10.9 Å². The van der Waals surface area contributed by atoms with Gasteiger partial charge in [-0.15, -0.1) is 0 Å². The standard InChI is InChI=1S/C12H23N3O3S/c1-4-5-10(9-18-3)14-19(16,17)12-6-11(7-13)15(2)8-12/h6,8,10,14H,4-5,7,9,13H2,1-3H3. The predicted octanol–water partition coefficient (Wildman–Crippen LogP) is 0.577. The van der Waals surface area contributed by atoms with Crippen LogP contribution in [0.15, 0.2) is 17.2 Å².